The Bertz CT molecular complexity index is 292. The van der Waals surface area contributed by atoms with Crippen LogP contribution in [0.4, 0.5) is 0 Å². The lowest BCUT2D eigenvalue weighted by molar-refractivity contribution is 0.106. The summed E-state index contributed by atoms with van der Waals surface area (Å²) >= 11 is 0. The molecule has 0 saturated heterocycles. The van der Waals surface area contributed by atoms with Crippen LogP contribution in [0.1, 0.15) is 13.8 Å². The highest BCUT2D eigenvalue weighted by atomic mass is 32.2. The molecule has 1 heterocycles. The van der Waals surface area contributed by atoms with Crippen molar-refractivity contribution < 1.29 is 9.32 Å². The predicted molar refractivity (Wildman–Crippen MR) is 51.8 cm³/mol. The van der Waals surface area contributed by atoms with Crippen molar-refractivity contribution in [2.24, 2.45) is 0 Å². The zero-order valence-electron chi connectivity index (χ0n) is 7.73. The lowest BCUT2D eigenvalue weighted by Gasteiger charge is -2.15. The second kappa shape index (κ2) is 3.98. The van der Waals surface area contributed by atoms with Crippen molar-refractivity contribution in [2.45, 2.75) is 24.3 Å². The number of aromatic nitrogens is 1. The first-order valence-electron chi connectivity index (χ1n) is 4.00. The number of rotatable bonds is 3. The van der Waals surface area contributed by atoms with E-state index >= 15 is 0 Å². The van der Waals surface area contributed by atoms with Gasteiger partial charge in [-0.15, -0.1) is 0 Å². The van der Waals surface area contributed by atoms with Crippen LogP contribution in [0.5, 0.6) is 0 Å². The summed E-state index contributed by atoms with van der Waals surface area (Å²) in [5.41, 5.74) is -0.895. The molecule has 0 spiro atoms. The van der Waals surface area contributed by atoms with Crippen LogP contribution in [-0.4, -0.2) is 25.7 Å². The summed E-state index contributed by atoms with van der Waals surface area (Å²) in [5.74, 6) is 0.247. The van der Waals surface area contributed by atoms with Gasteiger partial charge in [-0.05, 0) is 26.0 Å². The first-order chi connectivity index (χ1) is 5.99. The maximum Gasteiger partial charge on any atom is 0.0710 e. The Morgan fingerprint density at radius 2 is 2.00 bits per heavy atom. The molecule has 1 aromatic rings. The molecular formula is C9H13NO2S. The first kappa shape index (κ1) is 10.3. The molecule has 0 bridgehead atoms. The van der Waals surface area contributed by atoms with Gasteiger partial charge < -0.3 is 5.11 Å². The average Bonchev–Trinajstić information content (AvgIpc) is 2.03. The molecule has 0 saturated carbocycles. The maximum absolute atomic E-state index is 11.6. The molecule has 72 valence electrons. The lowest BCUT2D eigenvalue weighted by atomic mass is 10.2. The Morgan fingerprint density at radius 3 is 2.46 bits per heavy atom. The molecular weight excluding hydrogens is 186 g/mol. The smallest absolute Gasteiger partial charge is 0.0710 e. The van der Waals surface area contributed by atoms with Crippen molar-refractivity contribution in [1.29, 1.82) is 0 Å². The third-order valence-corrected chi connectivity index (χ3v) is 3.16. The molecule has 1 rings (SSSR count). The van der Waals surface area contributed by atoms with Crippen LogP contribution in [0.25, 0.3) is 0 Å². The number of nitrogens with zero attached hydrogens (tertiary/aromatic N) is 1. The first-order valence-corrected chi connectivity index (χ1v) is 5.32. The monoisotopic (exact) mass is 199 g/mol. The van der Waals surface area contributed by atoms with E-state index in [4.69, 9.17) is 0 Å². The highest BCUT2D eigenvalue weighted by Gasteiger charge is 2.17. The topological polar surface area (TPSA) is 50.2 Å². The summed E-state index contributed by atoms with van der Waals surface area (Å²) in [6, 6.07) is 3.39. The molecule has 1 unspecified atom stereocenters. The van der Waals surface area contributed by atoms with Crippen LogP contribution in [0.2, 0.25) is 0 Å². The van der Waals surface area contributed by atoms with Crippen LogP contribution in [0.15, 0.2) is 29.4 Å². The summed E-state index contributed by atoms with van der Waals surface area (Å²) in [6.45, 7) is 3.29. The van der Waals surface area contributed by atoms with E-state index in [9.17, 15) is 9.32 Å². The van der Waals surface area contributed by atoms with Crippen molar-refractivity contribution in [1.82, 2.24) is 4.98 Å². The van der Waals surface area contributed by atoms with Crippen LogP contribution in [0, 0.1) is 0 Å². The van der Waals surface area contributed by atoms with Gasteiger partial charge in [0.25, 0.3) is 0 Å². The molecule has 0 aliphatic heterocycles. The fraction of sp³-hybridized carbons (Fsp3) is 0.444. The number of hydrogen-bond acceptors (Lipinski definition) is 3. The van der Waals surface area contributed by atoms with Gasteiger partial charge in [0.15, 0.2) is 0 Å². The molecule has 1 aromatic heterocycles. The van der Waals surface area contributed by atoms with Crippen molar-refractivity contribution in [3.8, 4) is 0 Å². The summed E-state index contributed by atoms with van der Waals surface area (Å²) < 4.78 is 11.6. The van der Waals surface area contributed by atoms with Gasteiger partial charge in [-0.1, -0.05) is 0 Å². The summed E-state index contributed by atoms with van der Waals surface area (Å²) in [4.78, 5) is 4.53. The zero-order chi connectivity index (χ0) is 9.90. The molecule has 0 fully saturated rings. The standard InChI is InChI=1S/C9H13NO2S/c1-9(2,11)7-13(12)8-3-5-10-6-4-8/h3-6,11H,7H2,1-2H3. The molecule has 0 radical (unpaired) electrons. The Labute approximate surface area is 80.3 Å². The third kappa shape index (κ3) is 3.65. The Hall–Kier alpha value is -0.740. The van der Waals surface area contributed by atoms with Crippen LogP contribution in [-0.2, 0) is 10.8 Å². The SMILES string of the molecule is CC(C)(O)CS(=O)c1ccncc1. The van der Waals surface area contributed by atoms with E-state index in [1.807, 2.05) is 0 Å². The van der Waals surface area contributed by atoms with E-state index in [0.29, 0.717) is 4.90 Å². The molecule has 3 nitrogen and oxygen atoms in total. The second-order valence-corrected chi connectivity index (χ2v) is 4.94. The summed E-state index contributed by atoms with van der Waals surface area (Å²) in [7, 11) is -1.14. The average molecular weight is 199 g/mol. The fourth-order valence-corrected chi connectivity index (χ4v) is 2.13. The van der Waals surface area contributed by atoms with Gasteiger partial charge in [-0.25, -0.2) is 0 Å². The minimum Gasteiger partial charge on any atom is -0.389 e. The van der Waals surface area contributed by atoms with E-state index < -0.39 is 16.4 Å². The van der Waals surface area contributed by atoms with Gasteiger partial charge in [-0.2, -0.15) is 0 Å². The molecule has 0 aliphatic carbocycles. The Balaban J connectivity index is 2.71. The highest BCUT2D eigenvalue weighted by molar-refractivity contribution is 7.85. The van der Waals surface area contributed by atoms with Crippen molar-refractivity contribution in [3.63, 3.8) is 0 Å². The number of hydrogen-bond donors (Lipinski definition) is 1. The number of pyridine rings is 1. The molecule has 1 atom stereocenters. The lowest BCUT2D eigenvalue weighted by Crippen LogP contribution is -2.27. The van der Waals surface area contributed by atoms with Crippen LogP contribution < -0.4 is 0 Å². The van der Waals surface area contributed by atoms with Gasteiger partial charge >= 0.3 is 0 Å². The van der Waals surface area contributed by atoms with Gasteiger partial charge in [0, 0.05) is 17.3 Å². The molecule has 0 amide bonds. The fourth-order valence-electron chi connectivity index (χ4n) is 0.894. The maximum atomic E-state index is 11.6. The van der Waals surface area contributed by atoms with Gasteiger partial charge in [-0.3, -0.25) is 9.19 Å². The van der Waals surface area contributed by atoms with E-state index in [-0.39, 0.29) is 5.75 Å². The minimum absolute atomic E-state index is 0.247. The summed E-state index contributed by atoms with van der Waals surface area (Å²) in [6.07, 6.45) is 3.19. The van der Waals surface area contributed by atoms with Gasteiger partial charge in [0.05, 0.1) is 22.2 Å². The summed E-state index contributed by atoms with van der Waals surface area (Å²) in [5, 5.41) is 9.44. The Kier molecular flexibility index (Phi) is 3.17. The molecule has 0 aliphatic rings. The van der Waals surface area contributed by atoms with Crippen LogP contribution >= 0.6 is 0 Å². The van der Waals surface area contributed by atoms with Crippen LogP contribution in [0.3, 0.4) is 0 Å². The highest BCUT2D eigenvalue weighted by Crippen LogP contribution is 2.10. The van der Waals surface area contributed by atoms with E-state index in [1.54, 1.807) is 38.4 Å². The van der Waals surface area contributed by atoms with Crippen molar-refractivity contribution in [3.05, 3.63) is 24.5 Å². The molecule has 4 heteroatoms. The van der Waals surface area contributed by atoms with Gasteiger partial charge in [0.2, 0.25) is 0 Å². The minimum atomic E-state index is -1.14. The zero-order valence-corrected chi connectivity index (χ0v) is 8.54. The van der Waals surface area contributed by atoms with Crippen molar-refractivity contribution in [2.75, 3.05) is 5.75 Å². The normalized spacial score (nSPS) is 14.1. The third-order valence-electron chi connectivity index (χ3n) is 1.40. The van der Waals surface area contributed by atoms with E-state index in [2.05, 4.69) is 4.98 Å². The molecule has 13 heavy (non-hydrogen) atoms. The van der Waals surface area contributed by atoms with Crippen molar-refractivity contribution >= 4 is 10.8 Å². The Morgan fingerprint density at radius 1 is 1.46 bits per heavy atom. The largest absolute Gasteiger partial charge is 0.389 e. The number of aliphatic hydroxyl groups is 1. The molecule has 1 N–H and O–H groups in total. The second-order valence-electron chi connectivity index (χ2n) is 3.49. The van der Waals surface area contributed by atoms with Gasteiger partial charge in [0.1, 0.15) is 0 Å². The quantitative estimate of drug-likeness (QED) is 0.789. The predicted octanol–water partition coefficient (Wildman–Crippen LogP) is 0.960. The van der Waals surface area contributed by atoms with E-state index in [1.165, 1.54) is 0 Å². The molecule has 0 aromatic carbocycles. The van der Waals surface area contributed by atoms with E-state index in [0.717, 1.165) is 0 Å².